The third kappa shape index (κ3) is 5.56. The van der Waals surface area contributed by atoms with Crippen LogP contribution in [-0.2, 0) is 4.79 Å². The van der Waals surface area contributed by atoms with Gasteiger partial charge in [-0.15, -0.1) is 0 Å². The molecule has 1 heterocycles. The second-order valence-corrected chi connectivity index (χ2v) is 7.45. The van der Waals surface area contributed by atoms with Gasteiger partial charge in [-0.05, 0) is 50.9 Å². The Morgan fingerprint density at radius 3 is 2.52 bits per heavy atom. The van der Waals surface area contributed by atoms with Crippen LogP contribution in [0.2, 0.25) is 0 Å². The fraction of sp³-hybridized carbons (Fsp3) is 0.600. The number of likely N-dealkylation sites (N-methyl/N-ethyl adjacent to an activating group) is 1. The van der Waals surface area contributed by atoms with Crippen LogP contribution in [0.15, 0.2) is 24.3 Å². The Hall–Kier alpha value is -1.88. The Morgan fingerprint density at radius 1 is 1.12 bits per heavy atom. The molecule has 1 aromatic carbocycles. The number of carbonyl (C=O) groups is 2. The van der Waals surface area contributed by atoms with E-state index in [2.05, 4.69) is 31.1 Å². The van der Waals surface area contributed by atoms with E-state index in [0.717, 1.165) is 38.2 Å². The standard InChI is InChI=1S/C20H31N3O2/c1-15(2)14-18(20(25)23-11-7-10-22(4)12-13-23)21-19(24)17-9-6-5-8-16(17)3/h5-6,8-9,15,18H,7,10-14H2,1-4H3,(H,21,24). The maximum absolute atomic E-state index is 13.0. The molecule has 0 radical (unpaired) electrons. The Morgan fingerprint density at radius 2 is 1.84 bits per heavy atom. The van der Waals surface area contributed by atoms with Crippen molar-refractivity contribution in [1.29, 1.82) is 0 Å². The SMILES string of the molecule is Cc1ccccc1C(=O)NC(CC(C)C)C(=O)N1CCCN(C)CC1. The first-order chi connectivity index (χ1) is 11.9. The number of rotatable bonds is 5. The zero-order valence-corrected chi connectivity index (χ0v) is 15.9. The third-order valence-corrected chi connectivity index (χ3v) is 4.73. The summed E-state index contributed by atoms with van der Waals surface area (Å²) in [6, 6.07) is 7.03. The van der Waals surface area contributed by atoms with Crippen LogP contribution < -0.4 is 5.32 Å². The average molecular weight is 345 g/mol. The van der Waals surface area contributed by atoms with Crippen LogP contribution in [0.1, 0.15) is 42.6 Å². The molecule has 25 heavy (non-hydrogen) atoms. The molecular formula is C20H31N3O2. The topological polar surface area (TPSA) is 52.7 Å². The highest BCUT2D eigenvalue weighted by Gasteiger charge is 2.28. The van der Waals surface area contributed by atoms with Gasteiger partial charge in [-0.25, -0.2) is 0 Å². The largest absolute Gasteiger partial charge is 0.340 e. The number of hydrogen-bond acceptors (Lipinski definition) is 3. The summed E-state index contributed by atoms with van der Waals surface area (Å²) in [5, 5.41) is 2.99. The van der Waals surface area contributed by atoms with Crippen LogP contribution in [-0.4, -0.2) is 60.9 Å². The Labute approximate surface area is 151 Å². The zero-order valence-electron chi connectivity index (χ0n) is 15.9. The molecule has 1 aliphatic heterocycles. The highest BCUT2D eigenvalue weighted by Crippen LogP contribution is 2.13. The van der Waals surface area contributed by atoms with E-state index in [0.29, 0.717) is 17.9 Å². The third-order valence-electron chi connectivity index (χ3n) is 4.73. The van der Waals surface area contributed by atoms with Crippen molar-refractivity contribution in [2.24, 2.45) is 5.92 Å². The molecule has 0 aliphatic carbocycles. The van der Waals surface area contributed by atoms with E-state index in [1.165, 1.54) is 0 Å². The number of nitrogens with one attached hydrogen (secondary N) is 1. The van der Waals surface area contributed by atoms with Crippen LogP contribution in [0.5, 0.6) is 0 Å². The van der Waals surface area contributed by atoms with E-state index in [-0.39, 0.29) is 11.8 Å². The van der Waals surface area contributed by atoms with Crippen molar-refractivity contribution in [3.05, 3.63) is 35.4 Å². The predicted molar refractivity (Wildman–Crippen MR) is 101 cm³/mol. The van der Waals surface area contributed by atoms with E-state index >= 15 is 0 Å². The minimum Gasteiger partial charge on any atom is -0.340 e. The second kappa shape index (κ2) is 8.99. The van der Waals surface area contributed by atoms with E-state index in [1.807, 2.05) is 36.1 Å². The summed E-state index contributed by atoms with van der Waals surface area (Å²) in [6.45, 7) is 9.45. The van der Waals surface area contributed by atoms with Crippen LogP contribution >= 0.6 is 0 Å². The minimum atomic E-state index is -0.462. The Kier molecular flexibility index (Phi) is 7.00. The highest BCUT2D eigenvalue weighted by atomic mass is 16.2. The van der Waals surface area contributed by atoms with Gasteiger partial charge in [0.25, 0.3) is 5.91 Å². The molecule has 2 rings (SSSR count). The van der Waals surface area contributed by atoms with Gasteiger partial charge in [0.05, 0.1) is 0 Å². The summed E-state index contributed by atoms with van der Waals surface area (Å²) in [5.41, 5.74) is 1.56. The van der Waals surface area contributed by atoms with Crippen molar-refractivity contribution in [2.45, 2.75) is 39.7 Å². The smallest absolute Gasteiger partial charge is 0.252 e. The van der Waals surface area contributed by atoms with Crippen molar-refractivity contribution in [3.8, 4) is 0 Å². The van der Waals surface area contributed by atoms with Gasteiger partial charge in [0.1, 0.15) is 6.04 Å². The molecule has 5 heteroatoms. The van der Waals surface area contributed by atoms with E-state index in [9.17, 15) is 9.59 Å². The maximum Gasteiger partial charge on any atom is 0.252 e. The zero-order chi connectivity index (χ0) is 18.4. The van der Waals surface area contributed by atoms with Crippen molar-refractivity contribution in [1.82, 2.24) is 15.1 Å². The quantitative estimate of drug-likeness (QED) is 0.891. The molecule has 1 fully saturated rings. The van der Waals surface area contributed by atoms with Gasteiger partial charge in [-0.1, -0.05) is 32.0 Å². The van der Waals surface area contributed by atoms with Gasteiger partial charge in [0.2, 0.25) is 5.91 Å². The first-order valence-electron chi connectivity index (χ1n) is 9.22. The van der Waals surface area contributed by atoms with Crippen LogP contribution in [0.25, 0.3) is 0 Å². The van der Waals surface area contributed by atoms with Crippen molar-refractivity contribution >= 4 is 11.8 Å². The molecule has 1 saturated heterocycles. The number of benzene rings is 1. The molecule has 0 saturated carbocycles. The van der Waals surface area contributed by atoms with E-state index in [4.69, 9.17) is 0 Å². The monoisotopic (exact) mass is 345 g/mol. The highest BCUT2D eigenvalue weighted by molar-refractivity contribution is 5.98. The van der Waals surface area contributed by atoms with Gasteiger partial charge >= 0.3 is 0 Å². The lowest BCUT2D eigenvalue weighted by Gasteiger charge is -2.28. The summed E-state index contributed by atoms with van der Waals surface area (Å²) in [4.78, 5) is 29.9. The molecule has 1 unspecified atom stereocenters. The predicted octanol–water partition coefficient (Wildman–Crippen LogP) is 2.30. The molecular weight excluding hydrogens is 314 g/mol. The fourth-order valence-electron chi connectivity index (χ4n) is 3.24. The van der Waals surface area contributed by atoms with E-state index in [1.54, 1.807) is 0 Å². The molecule has 2 amide bonds. The normalized spacial score (nSPS) is 17.2. The molecule has 0 aromatic heterocycles. The molecule has 1 N–H and O–H groups in total. The van der Waals surface area contributed by atoms with Crippen molar-refractivity contribution in [2.75, 3.05) is 33.2 Å². The molecule has 1 aromatic rings. The first-order valence-corrected chi connectivity index (χ1v) is 9.22. The molecule has 0 spiro atoms. The number of aryl methyl sites for hydroxylation is 1. The van der Waals surface area contributed by atoms with E-state index < -0.39 is 6.04 Å². The van der Waals surface area contributed by atoms with Gasteiger partial charge < -0.3 is 15.1 Å². The minimum absolute atomic E-state index is 0.0472. The van der Waals surface area contributed by atoms with Gasteiger partial charge in [0.15, 0.2) is 0 Å². The molecule has 0 bridgehead atoms. The summed E-state index contributed by atoms with van der Waals surface area (Å²) >= 11 is 0. The summed E-state index contributed by atoms with van der Waals surface area (Å²) in [5.74, 6) is 0.218. The summed E-state index contributed by atoms with van der Waals surface area (Å²) in [7, 11) is 2.08. The lowest BCUT2D eigenvalue weighted by Crippen LogP contribution is -2.50. The Balaban J connectivity index is 2.11. The molecule has 1 aliphatic rings. The van der Waals surface area contributed by atoms with Gasteiger partial charge in [0, 0.05) is 25.2 Å². The lowest BCUT2D eigenvalue weighted by molar-refractivity contribution is -0.133. The summed E-state index contributed by atoms with van der Waals surface area (Å²) < 4.78 is 0. The second-order valence-electron chi connectivity index (χ2n) is 7.45. The van der Waals surface area contributed by atoms with Crippen molar-refractivity contribution in [3.63, 3.8) is 0 Å². The van der Waals surface area contributed by atoms with Crippen LogP contribution in [0, 0.1) is 12.8 Å². The maximum atomic E-state index is 13.0. The molecule has 138 valence electrons. The average Bonchev–Trinajstić information content (AvgIpc) is 2.78. The van der Waals surface area contributed by atoms with Gasteiger partial charge in [-0.3, -0.25) is 9.59 Å². The summed E-state index contributed by atoms with van der Waals surface area (Å²) in [6.07, 6.45) is 1.63. The number of carbonyl (C=O) groups excluding carboxylic acids is 2. The fourth-order valence-corrected chi connectivity index (χ4v) is 3.24. The first kappa shape index (κ1) is 19.4. The number of nitrogens with zero attached hydrogens (tertiary/aromatic N) is 2. The van der Waals surface area contributed by atoms with Gasteiger partial charge in [-0.2, -0.15) is 0 Å². The van der Waals surface area contributed by atoms with Crippen LogP contribution in [0.3, 0.4) is 0 Å². The molecule has 5 nitrogen and oxygen atoms in total. The number of hydrogen-bond donors (Lipinski definition) is 1. The lowest BCUT2D eigenvalue weighted by atomic mass is 10.0. The van der Waals surface area contributed by atoms with Crippen molar-refractivity contribution < 1.29 is 9.59 Å². The van der Waals surface area contributed by atoms with Crippen LogP contribution in [0.4, 0.5) is 0 Å². The Bertz CT molecular complexity index is 600. The molecule has 1 atom stereocenters. The number of amides is 2.